The summed E-state index contributed by atoms with van der Waals surface area (Å²) in [6.45, 7) is 0.641. The van der Waals surface area contributed by atoms with E-state index in [-0.39, 0.29) is 12.7 Å². The van der Waals surface area contributed by atoms with E-state index in [0.717, 1.165) is 27.6 Å². The van der Waals surface area contributed by atoms with Gasteiger partial charge in [0.1, 0.15) is 4.32 Å². The van der Waals surface area contributed by atoms with E-state index in [1.807, 2.05) is 48.5 Å². The van der Waals surface area contributed by atoms with Crippen LogP contribution in [-0.2, 0) is 11.3 Å². The largest absolute Gasteiger partial charge is 0.454 e. The van der Waals surface area contributed by atoms with E-state index in [0.29, 0.717) is 21.5 Å². The van der Waals surface area contributed by atoms with Crippen molar-refractivity contribution in [2.45, 2.75) is 6.54 Å². The number of hydrogen-bond donors (Lipinski definition) is 0. The van der Waals surface area contributed by atoms with Gasteiger partial charge in [0.05, 0.1) is 11.4 Å². The summed E-state index contributed by atoms with van der Waals surface area (Å²) in [5, 5.41) is 2.26. The lowest BCUT2D eigenvalue weighted by Crippen LogP contribution is -2.27. The van der Waals surface area contributed by atoms with Crippen LogP contribution in [0.3, 0.4) is 0 Å². The molecule has 2 heterocycles. The number of amides is 1. The molecule has 0 aromatic heterocycles. The smallest absolute Gasteiger partial charge is 0.266 e. The molecule has 6 heteroatoms. The fourth-order valence-corrected chi connectivity index (χ4v) is 4.62. The average molecular weight is 406 g/mol. The first-order valence-electron chi connectivity index (χ1n) is 8.81. The average Bonchev–Trinajstić information content (AvgIpc) is 3.28. The van der Waals surface area contributed by atoms with Crippen LogP contribution in [0.4, 0.5) is 0 Å². The van der Waals surface area contributed by atoms with E-state index >= 15 is 0 Å². The molecule has 3 aromatic carbocycles. The van der Waals surface area contributed by atoms with Gasteiger partial charge < -0.3 is 9.47 Å². The molecule has 0 N–H and O–H groups in total. The van der Waals surface area contributed by atoms with Crippen LogP contribution in [0.15, 0.2) is 65.6 Å². The maximum absolute atomic E-state index is 13.0. The quantitative estimate of drug-likeness (QED) is 0.454. The highest BCUT2D eigenvalue weighted by Gasteiger charge is 2.32. The molecule has 0 saturated carbocycles. The van der Waals surface area contributed by atoms with E-state index in [9.17, 15) is 4.79 Å². The third kappa shape index (κ3) is 3.04. The second-order valence-electron chi connectivity index (χ2n) is 6.52. The Labute approximate surface area is 171 Å². The molecule has 0 aliphatic carbocycles. The molecule has 1 amide bonds. The molecule has 0 bridgehead atoms. The molecule has 0 radical (unpaired) electrons. The first kappa shape index (κ1) is 17.3. The first-order chi connectivity index (χ1) is 13.7. The highest BCUT2D eigenvalue weighted by Crippen LogP contribution is 2.37. The summed E-state index contributed by atoms with van der Waals surface area (Å²) in [7, 11) is 0. The zero-order valence-electron chi connectivity index (χ0n) is 14.8. The topological polar surface area (TPSA) is 38.8 Å². The Balaban J connectivity index is 1.43. The number of hydrogen-bond acceptors (Lipinski definition) is 5. The molecule has 0 atom stereocenters. The predicted molar refractivity (Wildman–Crippen MR) is 115 cm³/mol. The number of ether oxygens (including phenoxy) is 2. The third-order valence-corrected chi connectivity index (χ3v) is 6.14. The standard InChI is InChI=1S/C22H15NO3S2/c24-21-20(11-16-6-3-5-15-4-1-2-7-17(15)16)28-22(27)23(21)12-14-8-9-18-19(10-14)26-13-25-18/h1-11H,12-13H2/b20-11-. The Morgan fingerprint density at radius 2 is 1.86 bits per heavy atom. The number of nitrogens with zero attached hydrogens (tertiary/aromatic N) is 1. The van der Waals surface area contributed by atoms with Gasteiger partial charge in [-0.2, -0.15) is 0 Å². The van der Waals surface area contributed by atoms with Gasteiger partial charge in [-0.15, -0.1) is 0 Å². The first-order valence-corrected chi connectivity index (χ1v) is 10.0. The van der Waals surface area contributed by atoms with E-state index in [1.54, 1.807) is 4.90 Å². The van der Waals surface area contributed by atoms with E-state index < -0.39 is 0 Å². The zero-order valence-corrected chi connectivity index (χ0v) is 16.4. The van der Waals surface area contributed by atoms with Crippen molar-refractivity contribution in [1.29, 1.82) is 0 Å². The highest BCUT2D eigenvalue weighted by atomic mass is 32.2. The molecule has 5 rings (SSSR count). The molecule has 3 aromatic rings. The van der Waals surface area contributed by atoms with Crippen LogP contribution in [0.1, 0.15) is 11.1 Å². The van der Waals surface area contributed by atoms with Gasteiger partial charge in [0.25, 0.3) is 5.91 Å². The Hall–Kier alpha value is -2.83. The van der Waals surface area contributed by atoms with Crippen molar-refractivity contribution in [2.75, 3.05) is 6.79 Å². The Morgan fingerprint density at radius 1 is 1.04 bits per heavy atom. The predicted octanol–water partition coefficient (Wildman–Crippen LogP) is 4.97. The molecular formula is C22H15NO3S2. The van der Waals surface area contributed by atoms with Gasteiger partial charge in [0.15, 0.2) is 11.5 Å². The SMILES string of the molecule is O=C1/C(=C/c2cccc3ccccc23)SC(=S)N1Cc1ccc2c(c1)OCO2. The maximum atomic E-state index is 13.0. The number of thiocarbonyl (C=S) groups is 1. The lowest BCUT2D eigenvalue weighted by molar-refractivity contribution is -0.122. The molecular weight excluding hydrogens is 390 g/mol. The third-order valence-electron chi connectivity index (χ3n) is 4.76. The molecule has 4 nitrogen and oxygen atoms in total. The summed E-state index contributed by atoms with van der Waals surface area (Å²) < 4.78 is 11.3. The Kier molecular flexibility index (Phi) is 4.30. The molecule has 1 fully saturated rings. The fraction of sp³-hybridized carbons (Fsp3) is 0.0909. The van der Waals surface area contributed by atoms with Crippen LogP contribution >= 0.6 is 24.0 Å². The molecule has 28 heavy (non-hydrogen) atoms. The summed E-state index contributed by atoms with van der Waals surface area (Å²) >= 11 is 6.82. The van der Waals surface area contributed by atoms with Gasteiger partial charge in [-0.25, -0.2) is 0 Å². The molecule has 1 saturated heterocycles. The second-order valence-corrected chi connectivity index (χ2v) is 8.20. The van der Waals surface area contributed by atoms with Crippen molar-refractivity contribution in [2.24, 2.45) is 0 Å². The van der Waals surface area contributed by atoms with Crippen molar-refractivity contribution in [1.82, 2.24) is 4.90 Å². The Morgan fingerprint density at radius 3 is 2.79 bits per heavy atom. The fourth-order valence-electron chi connectivity index (χ4n) is 3.38. The minimum Gasteiger partial charge on any atom is -0.454 e. The van der Waals surface area contributed by atoms with Crippen molar-refractivity contribution in [3.05, 3.63) is 76.7 Å². The maximum Gasteiger partial charge on any atom is 0.266 e. The van der Waals surface area contributed by atoms with Gasteiger partial charge in [0.2, 0.25) is 6.79 Å². The highest BCUT2D eigenvalue weighted by molar-refractivity contribution is 8.26. The molecule has 0 unspecified atom stereocenters. The monoisotopic (exact) mass is 405 g/mol. The van der Waals surface area contributed by atoms with Crippen molar-refractivity contribution in [3.63, 3.8) is 0 Å². The summed E-state index contributed by atoms with van der Waals surface area (Å²) in [6, 6.07) is 19.9. The van der Waals surface area contributed by atoms with Crippen LogP contribution in [0.2, 0.25) is 0 Å². The number of fused-ring (bicyclic) bond motifs is 2. The zero-order chi connectivity index (χ0) is 19.1. The van der Waals surface area contributed by atoms with Crippen molar-refractivity contribution in [3.8, 4) is 11.5 Å². The lowest BCUT2D eigenvalue weighted by atomic mass is 10.0. The summed E-state index contributed by atoms with van der Waals surface area (Å²) in [6.07, 6.45) is 1.93. The van der Waals surface area contributed by atoms with Crippen LogP contribution < -0.4 is 9.47 Å². The van der Waals surface area contributed by atoms with Gasteiger partial charge in [-0.05, 0) is 40.1 Å². The van der Waals surface area contributed by atoms with E-state index in [2.05, 4.69) is 18.2 Å². The number of carbonyl (C=O) groups is 1. The van der Waals surface area contributed by atoms with Crippen LogP contribution in [-0.4, -0.2) is 21.9 Å². The molecule has 2 aliphatic rings. The van der Waals surface area contributed by atoms with E-state index in [1.165, 1.54) is 11.8 Å². The normalized spacial score (nSPS) is 17.1. The van der Waals surface area contributed by atoms with Gasteiger partial charge in [-0.3, -0.25) is 9.69 Å². The Bertz CT molecular complexity index is 1150. The van der Waals surface area contributed by atoms with Crippen LogP contribution in [0, 0.1) is 0 Å². The van der Waals surface area contributed by atoms with Crippen molar-refractivity contribution < 1.29 is 14.3 Å². The second kappa shape index (κ2) is 6.96. The minimum atomic E-state index is -0.0689. The number of thioether (sulfide) groups is 1. The van der Waals surface area contributed by atoms with Gasteiger partial charge in [-0.1, -0.05) is 72.5 Å². The lowest BCUT2D eigenvalue weighted by Gasteiger charge is -2.14. The summed E-state index contributed by atoms with van der Waals surface area (Å²) in [5.41, 5.74) is 1.97. The van der Waals surface area contributed by atoms with Gasteiger partial charge in [0, 0.05) is 0 Å². The number of rotatable bonds is 3. The molecule has 138 valence electrons. The summed E-state index contributed by atoms with van der Waals surface area (Å²) in [4.78, 5) is 15.3. The number of carbonyl (C=O) groups excluding carboxylic acids is 1. The molecule has 2 aliphatic heterocycles. The van der Waals surface area contributed by atoms with Gasteiger partial charge >= 0.3 is 0 Å². The van der Waals surface area contributed by atoms with Crippen LogP contribution in [0.5, 0.6) is 11.5 Å². The van der Waals surface area contributed by atoms with Crippen molar-refractivity contribution >= 4 is 51.1 Å². The summed E-state index contributed by atoms with van der Waals surface area (Å²) in [5.74, 6) is 1.36. The minimum absolute atomic E-state index is 0.0689. The van der Waals surface area contributed by atoms with Crippen LogP contribution in [0.25, 0.3) is 16.8 Å². The molecule has 0 spiro atoms. The van der Waals surface area contributed by atoms with E-state index in [4.69, 9.17) is 21.7 Å². The number of benzene rings is 3.